The standard InChI is InChI=1S/C14H17NO3/c1-18-13(16)9-15-14(17)12-8-4-6-10-5-2-3-7-11(10)12/h2-3,5,7,12H,4,6,8-9H2,1H3,(H,15,17)/t12-/m1/s1. The lowest BCUT2D eigenvalue weighted by molar-refractivity contribution is -0.141. The molecule has 0 heterocycles. The minimum atomic E-state index is -0.424. The third-order valence-corrected chi connectivity index (χ3v) is 3.32. The van der Waals surface area contributed by atoms with Gasteiger partial charge in [0.05, 0.1) is 13.0 Å². The van der Waals surface area contributed by atoms with E-state index in [2.05, 4.69) is 16.1 Å². The number of aryl methyl sites for hydroxylation is 1. The predicted octanol–water partition coefficient (Wildman–Crippen LogP) is 1.40. The van der Waals surface area contributed by atoms with E-state index in [9.17, 15) is 9.59 Å². The average molecular weight is 247 g/mol. The summed E-state index contributed by atoms with van der Waals surface area (Å²) < 4.78 is 4.50. The van der Waals surface area contributed by atoms with Crippen LogP contribution >= 0.6 is 0 Å². The predicted molar refractivity (Wildman–Crippen MR) is 67.1 cm³/mol. The number of rotatable bonds is 3. The van der Waals surface area contributed by atoms with Gasteiger partial charge in [0.15, 0.2) is 0 Å². The average Bonchev–Trinajstić information content (AvgIpc) is 2.43. The molecule has 0 unspecified atom stereocenters. The molecule has 1 aromatic rings. The van der Waals surface area contributed by atoms with E-state index < -0.39 is 5.97 Å². The van der Waals surface area contributed by atoms with Gasteiger partial charge in [-0.1, -0.05) is 24.3 Å². The maximum atomic E-state index is 12.1. The maximum Gasteiger partial charge on any atom is 0.325 e. The second-order valence-electron chi connectivity index (χ2n) is 4.44. The molecule has 1 aromatic carbocycles. The normalized spacial score (nSPS) is 17.7. The maximum absolute atomic E-state index is 12.1. The van der Waals surface area contributed by atoms with E-state index in [1.165, 1.54) is 12.7 Å². The Labute approximate surface area is 106 Å². The first kappa shape index (κ1) is 12.6. The smallest absolute Gasteiger partial charge is 0.325 e. The van der Waals surface area contributed by atoms with Crippen molar-refractivity contribution in [1.82, 2.24) is 5.32 Å². The number of carbonyl (C=O) groups is 2. The molecule has 0 aliphatic heterocycles. The van der Waals surface area contributed by atoms with E-state index in [0.29, 0.717) is 0 Å². The Morgan fingerprint density at radius 1 is 1.39 bits per heavy atom. The molecule has 0 saturated heterocycles. The number of fused-ring (bicyclic) bond motifs is 1. The summed E-state index contributed by atoms with van der Waals surface area (Å²) in [5.74, 6) is -0.653. The molecule has 4 nitrogen and oxygen atoms in total. The number of ether oxygens (including phenoxy) is 1. The first-order valence-corrected chi connectivity index (χ1v) is 6.14. The number of hydrogen-bond donors (Lipinski definition) is 1. The first-order chi connectivity index (χ1) is 8.72. The van der Waals surface area contributed by atoms with Crippen LogP contribution in [0.15, 0.2) is 24.3 Å². The van der Waals surface area contributed by atoms with Gasteiger partial charge < -0.3 is 10.1 Å². The van der Waals surface area contributed by atoms with Gasteiger partial charge in [0, 0.05) is 0 Å². The zero-order valence-corrected chi connectivity index (χ0v) is 10.4. The van der Waals surface area contributed by atoms with Crippen molar-refractivity contribution in [2.75, 3.05) is 13.7 Å². The number of amides is 1. The van der Waals surface area contributed by atoms with Crippen molar-refractivity contribution in [3.63, 3.8) is 0 Å². The van der Waals surface area contributed by atoms with Crippen LogP contribution in [-0.2, 0) is 20.7 Å². The molecule has 96 valence electrons. The second kappa shape index (κ2) is 5.67. The second-order valence-corrected chi connectivity index (χ2v) is 4.44. The molecule has 0 aromatic heterocycles. The van der Waals surface area contributed by atoms with Gasteiger partial charge in [0.1, 0.15) is 6.54 Å². The number of benzene rings is 1. The third kappa shape index (κ3) is 2.70. The lowest BCUT2D eigenvalue weighted by Gasteiger charge is -2.24. The molecule has 1 atom stereocenters. The molecule has 1 aliphatic rings. The van der Waals surface area contributed by atoms with Crippen LogP contribution in [0.5, 0.6) is 0 Å². The van der Waals surface area contributed by atoms with Gasteiger partial charge in [-0.3, -0.25) is 9.59 Å². The number of nitrogens with one attached hydrogen (secondary N) is 1. The van der Waals surface area contributed by atoms with Gasteiger partial charge in [-0.05, 0) is 30.4 Å². The Morgan fingerprint density at radius 2 is 2.17 bits per heavy atom. The van der Waals surface area contributed by atoms with Crippen LogP contribution in [0, 0.1) is 0 Å². The van der Waals surface area contributed by atoms with Gasteiger partial charge in [0.25, 0.3) is 0 Å². The zero-order chi connectivity index (χ0) is 13.0. The molecule has 0 radical (unpaired) electrons. The van der Waals surface area contributed by atoms with Crippen molar-refractivity contribution in [1.29, 1.82) is 0 Å². The molecule has 0 bridgehead atoms. The van der Waals surface area contributed by atoms with Crippen molar-refractivity contribution in [3.8, 4) is 0 Å². The van der Waals surface area contributed by atoms with Crippen molar-refractivity contribution in [3.05, 3.63) is 35.4 Å². The highest BCUT2D eigenvalue weighted by molar-refractivity contribution is 5.87. The molecule has 18 heavy (non-hydrogen) atoms. The van der Waals surface area contributed by atoms with Crippen LogP contribution in [0.2, 0.25) is 0 Å². The summed E-state index contributed by atoms with van der Waals surface area (Å²) in [6, 6.07) is 8.00. The third-order valence-electron chi connectivity index (χ3n) is 3.32. The van der Waals surface area contributed by atoms with Crippen LogP contribution in [0.3, 0.4) is 0 Å². The topological polar surface area (TPSA) is 55.4 Å². The minimum absolute atomic E-state index is 0.0615. The summed E-state index contributed by atoms with van der Waals surface area (Å²) in [5.41, 5.74) is 2.33. The molecule has 1 aliphatic carbocycles. The van der Waals surface area contributed by atoms with Crippen molar-refractivity contribution < 1.29 is 14.3 Å². The minimum Gasteiger partial charge on any atom is -0.468 e. The lowest BCUT2D eigenvalue weighted by Crippen LogP contribution is -2.35. The van der Waals surface area contributed by atoms with E-state index in [-0.39, 0.29) is 18.4 Å². The van der Waals surface area contributed by atoms with Gasteiger partial charge in [-0.25, -0.2) is 0 Å². The van der Waals surface area contributed by atoms with Gasteiger partial charge in [0.2, 0.25) is 5.91 Å². The summed E-state index contributed by atoms with van der Waals surface area (Å²) in [6.45, 7) is -0.0615. The number of methoxy groups -OCH3 is 1. The zero-order valence-electron chi connectivity index (χ0n) is 10.4. The highest BCUT2D eigenvalue weighted by Gasteiger charge is 2.26. The molecule has 0 saturated carbocycles. The Kier molecular flexibility index (Phi) is 3.97. The SMILES string of the molecule is COC(=O)CNC(=O)[C@@H]1CCCc2ccccc21. The summed E-state index contributed by atoms with van der Waals surface area (Å²) >= 11 is 0. The highest BCUT2D eigenvalue weighted by Crippen LogP contribution is 2.31. The Bertz CT molecular complexity index is 456. The molecular weight excluding hydrogens is 230 g/mol. The van der Waals surface area contributed by atoms with E-state index in [4.69, 9.17) is 0 Å². The highest BCUT2D eigenvalue weighted by atomic mass is 16.5. The van der Waals surface area contributed by atoms with Crippen molar-refractivity contribution in [2.45, 2.75) is 25.2 Å². The first-order valence-electron chi connectivity index (χ1n) is 6.14. The van der Waals surface area contributed by atoms with Crippen LogP contribution in [0.1, 0.15) is 29.9 Å². The molecule has 4 heteroatoms. The van der Waals surface area contributed by atoms with E-state index in [1.54, 1.807) is 0 Å². The van der Waals surface area contributed by atoms with Crippen molar-refractivity contribution in [2.24, 2.45) is 0 Å². The summed E-state index contributed by atoms with van der Waals surface area (Å²) in [7, 11) is 1.31. The molecule has 1 N–H and O–H groups in total. The molecule has 2 rings (SSSR count). The van der Waals surface area contributed by atoms with Crippen LogP contribution in [-0.4, -0.2) is 25.5 Å². The fourth-order valence-corrected chi connectivity index (χ4v) is 2.38. The van der Waals surface area contributed by atoms with Crippen LogP contribution in [0.4, 0.5) is 0 Å². The lowest BCUT2D eigenvalue weighted by atomic mass is 9.82. The molecule has 1 amide bonds. The fourth-order valence-electron chi connectivity index (χ4n) is 2.38. The van der Waals surface area contributed by atoms with Gasteiger partial charge in [-0.15, -0.1) is 0 Å². The largest absolute Gasteiger partial charge is 0.468 e. The van der Waals surface area contributed by atoms with Crippen LogP contribution < -0.4 is 5.32 Å². The van der Waals surface area contributed by atoms with E-state index in [0.717, 1.165) is 24.8 Å². The molecule has 0 spiro atoms. The molecular formula is C14H17NO3. The summed E-state index contributed by atoms with van der Waals surface area (Å²) in [6.07, 6.45) is 2.87. The van der Waals surface area contributed by atoms with Crippen LogP contribution in [0.25, 0.3) is 0 Å². The number of carbonyl (C=O) groups excluding carboxylic acids is 2. The number of esters is 1. The molecule has 0 fully saturated rings. The Balaban J connectivity index is 2.06. The van der Waals surface area contributed by atoms with E-state index >= 15 is 0 Å². The van der Waals surface area contributed by atoms with Gasteiger partial charge in [-0.2, -0.15) is 0 Å². The Hall–Kier alpha value is -1.84. The fraction of sp³-hybridized carbons (Fsp3) is 0.429. The summed E-state index contributed by atoms with van der Waals surface area (Å²) in [5, 5.41) is 2.63. The number of hydrogen-bond acceptors (Lipinski definition) is 3. The quantitative estimate of drug-likeness (QED) is 0.821. The van der Waals surface area contributed by atoms with Crippen molar-refractivity contribution >= 4 is 11.9 Å². The Morgan fingerprint density at radius 3 is 2.94 bits per heavy atom. The van der Waals surface area contributed by atoms with E-state index in [1.807, 2.05) is 18.2 Å². The summed E-state index contributed by atoms with van der Waals surface area (Å²) in [4.78, 5) is 23.1. The monoisotopic (exact) mass is 247 g/mol. The van der Waals surface area contributed by atoms with Gasteiger partial charge >= 0.3 is 5.97 Å².